The summed E-state index contributed by atoms with van der Waals surface area (Å²) in [6, 6.07) is 11.7. The van der Waals surface area contributed by atoms with E-state index in [0.717, 1.165) is 11.3 Å². The summed E-state index contributed by atoms with van der Waals surface area (Å²) in [6.45, 7) is 2.02. The Morgan fingerprint density at radius 3 is 2.61 bits per heavy atom. The van der Waals surface area contributed by atoms with Gasteiger partial charge in [-0.1, -0.05) is 18.2 Å². The number of para-hydroxylation sites is 1. The smallest absolute Gasteiger partial charge is 0.273 e. The maximum Gasteiger partial charge on any atom is 0.273 e. The number of nitro groups is 1. The second kappa shape index (κ2) is 7.26. The number of aryl methyl sites for hydroxylation is 1. The third kappa shape index (κ3) is 4.19. The van der Waals surface area contributed by atoms with Crippen LogP contribution < -0.4 is 15.4 Å². The van der Waals surface area contributed by atoms with Crippen molar-refractivity contribution in [3.05, 3.63) is 58.1 Å². The van der Waals surface area contributed by atoms with Gasteiger partial charge in [0.1, 0.15) is 5.75 Å². The fourth-order valence-electron chi connectivity index (χ4n) is 2.04. The van der Waals surface area contributed by atoms with Crippen LogP contribution in [0.1, 0.15) is 5.56 Å². The van der Waals surface area contributed by atoms with Gasteiger partial charge < -0.3 is 15.4 Å². The molecule has 2 aromatic rings. The standard InChI is InChI=1S/C16H17N3O4/c1-11-5-3-4-6-13(11)17-10-16(20)18-14-8-7-12(19(21)22)9-15(14)23-2/h3-9,17H,10H2,1-2H3,(H,18,20). The van der Waals surface area contributed by atoms with Crippen LogP contribution in [0.4, 0.5) is 17.1 Å². The van der Waals surface area contributed by atoms with Crippen LogP contribution in [-0.2, 0) is 4.79 Å². The van der Waals surface area contributed by atoms with Gasteiger partial charge in [-0.15, -0.1) is 0 Å². The van der Waals surface area contributed by atoms with E-state index >= 15 is 0 Å². The molecule has 0 spiro atoms. The van der Waals surface area contributed by atoms with Crippen LogP contribution in [0, 0.1) is 17.0 Å². The molecular formula is C16H17N3O4. The van der Waals surface area contributed by atoms with E-state index in [1.54, 1.807) is 0 Å². The van der Waals surface area contributed by atoms with Gasteiger partial charge in [-0.05, 0) is 24.6 Å². The second-order valence-corrected chi connectivity index (χ2v) is 4.86. The van der Waals surface area contributed by atoms with Gasteiger partial charge >= 0.3 is 0 Å². The second-order valence-electron chi connectivity index (χ2n) is 4.86. The van der Waals surface area contributed by atoms with Gasteiger partial charge in [0.2, 0.25) is 5.91 Å². The molecular weight excluding hydrogens is 298 g/mol. The molecule has 23 heavy (non-hydrogen) atoms. The number of nitrogens with one attached hydrogen (secondary N) is 2. The maximum atomic E-state index is 12.0. The van der Waals surface area contributed by atoms with Gasteiger partial charge in [-0.2, -0.15) is 0 Å². The normalized spacial score (nSPS) is 10.0. The minimum Gasteiger partial charge on any atom is -0.494 e. The lowest BCUT2D eigenvalue weighted by Crippen LogP contribution is -2.22. The molecule has 0 atom stereocenters. The number of anilines is 2. The molecule has 0 aromatic heterocycles. The highest BCUT2D eigenvalue weighted by molar-refractivity contribution is 5.95. The van der Waals surface area contributed by atoms with Crippen molar-refractivity contribution in [3.8, 4) is 5.75 Å². The first kappa shape index (κ1) is 16.3. The van der Waals surface area contributed by atoms with Crippen LogP contribution in [-0.4, -0.2) is 24.5 Å². The molecule has 0 saturated heterocycles. The first-order chi connectivity index (χ1) is 11.0. The topological polar surface area (TPSA) is 93.5 Å². The molecule has 0 aliphatic rings. The number of amides is 1. The summed E-state index contributed by atoms with van der Waals surface area (Å²) >= 11 is 0. The summed E-state index contributed by atoms with van der Waals surface area (Å²) in [5, 5.41) is 16.5. The summed E-state index contributed by atoms with van der Waals surface area (Å²) in [5.74, 6) is -0.0381. The van der Waals surface area contributed by atoms with Gasteiger partial charge in [-0.25, -0.2) is 0 Å². The molecule has 0 unspecified atom stereocenters. The van der Waals surface area contributed by atoms with E-state index in [-0.39, 0.29) is 23.9 Å². The lowest BCUT2D eigenvalue weighted by molar-refractivity contribution is -0.384. The molecule has 2 N–H and O–H groups in total. The molecule has 120 valence electrons. The number of non-ortho nitro benzene ring substituents is 1. The molecule has 0 aliphatic heterocycles. The minimum absolute atomic E-state index is 0.0744. The van der Waals surface area contributed by atoms with E-state index in [0.29, 0.717) is 5.69 Å². The number of rotatable bonds is 6. The van der Waals surface area contributed by atoms with Crippen molar-refractivity contribution >= 4 is 23.0 Å². The molecule has 0 heterocycles. The van der Waals surface area contributed by atoms with E-state index in [2.05, 4.69) is 10.6 Å². The molecule has 1 amide bonds. The number of carbonyl (C=O) groups is 1. The van der Waals surface area contributed by atoms with Crippen molar-refractivity contribution in [1.82, 2.24) is 0 Å². The van der Waals surface area contributed by atoms with Crippen LogP contribution in [0.25, 0.3) is 0 Å². The van der Waals surface area contributed by atoms with E-state index in [1.807, 2.05) is 31.2 Å². The van der Waals surface area contributed by atoms with E-state index in [9.17, 15) is 14.9 Å². The lowest BCUT2D eigenvalue weighted by Gasteiger charge is -2.12. The van der Waals surface area contributed by atoms with Gasteiger partial charge in [-0.3, -0.25) is 14.9 Å². The summed E-state index contributed by atoms with van der Waals surface area (Å²) < 4.78 is 5.08. The zero-order chi connectivity index (χ0) is 16.8. The SMILES string of the molecule is COc1cc([N+](=O)[O-])ccc1NC(=O)CNc1ccccc1C. The lowest BCUT2D eigenvalue weighted by atomic mass is 10.2. The molecule has 0 aliphatic carbocycles. The van der Waals surface area contributed by atoms with E-state index in [4.69, 9.17) is 4.74 Å². The van der Waals surface area contributed by atoms with E-state index < -0.39 is 4.92 Å². The van der Waals surface area contributed by atoms with Crippen molar-refractivity contribution in [3.63, 3.8) is 0 Å². The zero-order valence-electron chi connectivity index (χ0n) is 12.8. The Kier molecular flexibility index (Phi) is 5.14. The fraction of sp³-hybridized carbons (Fsp3) is 0.188. The summed E-state index contributed by atoms with van der Waals surface area (Å²) in [6.07, 6.45) is 0. The molecule has 0 bridgehead atoms. The van der Waals surface area contributed by atoms with Gasteiger partial charge in [0.05, 0.1) is 30.3 Å². The zero-order valence-corrected chi connectivity index (χ0v) is 12.8. The van der Waals surface area contributed by atoms with Crippen LogP contribution in [0.2, 0.25) is 0 Å². The summed E-state index contributed by atoms with van der Waals surface area (Å²) in [4.78, 5) is 22.2. The molecule has 7 heteroatoms. The monoisotopic (exact) mass is 315 g/mol. The predicted octanol–water partition coefficient (Wildman–Crippen LogP) is 2.96. The Morgan fingerprint density at radius 2 is 1.96 bits per heavy atom. The highest BCUT2D eigenvalue weighted by Crippen LogP contribution is 2.28. The van der Waals surface area contributed by atoms with Crippen molar-refractivity contribution in [2.45, 2.75) is 6.92 Å². The third-order valence-electron chi connectivity index (χ3n) is 3.25. The number of benzene rings is 2. The minimum atomic E-state index is -0.520. The van der Waals surface area contributed by atoms with Crippen LogP contribution in [0.15, 0.2) is 42.5 Å². The average molecular weight is 315 g/mol. The van der Waals surface area contributed by atoms with Crippen molar-refractivity contribution < 1.29 is 14.5 Å². The number of methoxy groups -OCH3 is 1. The maximum absolute atomic E-state index is 12.0. The Balaban J connectivity index is 2.03. The number of hydrogen-bond acceptors (Lipinski definition) is 5. The average Bonchev–Trinajstić information content (AvgIpc) is 2.54. The molecule has 0 saturated carbocycles. The number of ether oxygens (including phenoxy) is 1. The number of nitrogens with zero attached hydrogens (tertiary/aromatic N) is 1. The number of nitro benzene ring substituents is 1. The Labute approximate surface area is 133 Å². The van der Waals surface area contributed by atoms with Crippen molar-refractivity contribution in [2.75, 3.05) is 24.3 Å². The third-order valence-corrected chi connectivity index (χ3v) is 3.25. The molecule has 7 nitrogen and oxygen atoms in total. The van der Waals surface area contributed by atoms with Crippen LogP contribution in [0.3, 0.4) is 0 Å². The predicted molar refractivity (Wildman–Crippen MR) is 87.9 cm³/mol. The Morgan fingerprint density at radius 1 is 1.22 bits per heavy atom. The summed E-state index contributed by atoms with van der Waals surface area (Å²) in [7, 11) is 1.39. The first-order valence-electron chi connectivity index (χ1n) is 6.93. The quantitative estimate of drug-likeness (QED) is 0.631. The Bertz CT molecular complexity index is 731. The molecule has 2 aromatic carbocycles. The van der Waals surface area contributed by atoms with Gasteiger partial charge in [0.15, 0.2) is 0 Å². The highest BCUT2D eigenvalue weighted by atomic mass is 16.6. The van der Waals surface area contributed by atoms with Gasteiger partial charge in [0.25, 0.3) is 5.69 Å². The highest BCUT2D eigenvalue weighted by Gasteiger charge is 2.13. The fourth-order valence-corrected chi connectivity index (χ4v) is 2.04. The molecule has 2 rings (SSSR count). The van der Waals surface area contributed by atoms with E-state index in [1.165, 1.54) is 25.3 Å². The Hall–Kier alpha value is -3.09. The van der Waals surface area contributed by atoms with Crippen LogP contribution >= 0.6 is 0 Å². The molecule has 0 fully saturated rings. The largest absolute Gasteiger partial charge is 0.494 e. The number of carbonyl (C=O) groups excluding carboxylic acids is 1. The van der Waals surface area contributed by atoms with Crippen molar-refractivity contribution in [1.29, 1.82) is 0 Å². The number of hydrogen-bond donors (Lipinski definition) is 2. The molecule has 0 radical (unpaired) electrons. The summed E-state index contributed by atoms with van der Waals surface area (Å²) in [5.41, 5.74) is 2.19. The van der Waals surface area contributed by atoms with Crippen molar-refractivity contribution in [2.24, 2.45) is 0 Å². The first-order valence-corrected chi connectivity index (χ1v) is 6.93. The van der Waals surface area contributed by atoms with Gasteiger partial charge in [0, 0.05) is 11.8 Å². The van der Waals surface area contributed by atoms with Crippen LogP contribution in [0.5, 0.6) is 5.75 Å².